The summed E-state index contributed by atoms with van der Waals surface area (Å²) in [6.45, 7) is 1.77. The molecule has 1 heterocycles. The highest BCUT2D eigenvalue weighted by atomic mass is 16.4. The molecular weight excluding hydrogens is 194 g/mol. The Labute approximate surface area is 85.0 Å². The molecule has 2 aromatic rings. The number of aromatic carboxylic acids is 1. The van der Waals surface area contributed by atoms with Crippen molar-refractivity contribution in [2.24, 2.45) is 0 Å². The van der Waals surface area contributed by atoms with Crippen LogP contribution in [0.1, 0.15) is 21.7 Å². The van der Waals surface area contributed by atoms with Gasteiger partial charge in [0.1, 0.15) is 11.9 Å². The topological polar surface area (TPSA) is 89.8 Å². The van der Waals surface area contributed by atoms with Crippen LogP contribution in [0.25, 0.3) is 11.0 Å². The molecule has 0 saturated heterocycles. The molecular formula is C10H7N3O2. The molecule has 5 nitrogen and oxygen atoms in total. The molecule has 0 aliphatic carbocycles. The van der Waals surface area contributed by atoms with E-state index in [9.17, 15) is 4.79 Å². The van der Waals surface area contributed by atoms with Gasteiger partial charge in [0.15, 0.2) is 0 Å². The van der Waals surface area contributed by atoms with Crippen molar-refractivity contribution in [2.75, 3.05) is 0 Å². The number of fused-ring (bicyclic) bond motifs is 1. The first-order valence-electron chi connectivity index (χ1n) is 4.25. The number of hydrogen-bond acceptors (Lipinski definition) is 3. The standard InChI is InChI=1S/C10H7N3O2/c1-5-12-8-2-6(4-11)7(10(14)15)3-9(8)13-5/h2-3H,1H3,(H,12,13)(H,14,15). The zero-order chi connectivity index (χ0) is 11.0. The number of hydrogen-bond donors (Lipinski definition) is 2. The molecule has 0 radical (unpaired) electrons. The lowest BCUT2D eigenvalue weighted by atomic mass is 10.1. The van der Waals surface area contributed by atoms with Crippen LogP contribution in [0.2, 0.25) is 0 Å². The van der Waals surface area contributed by atoms with Gasteiger partial charge in [0.25, 0.3) is 0 Å². The second-order valence-electron chi connectivity index (χ2n) is 3.15. The van der Waals surface area contributed by atoms with Gasteiger partial charge in [0.2, 0.25) is 0 Å². The Morgan fingerprint density at radius 2 is 2.33 bits per heavy atom. The number of imidazole rings is 1. The van der Waals surface area contributed by atoms with E-state index in [-0.39, 0.29) is 11.1 Å². The summed E-state index contributed by atoms with van der Waals surface area (Å²) in [7, 11) is 0. The van der Waals surface area contributed by atoms with Crippen LogP contribution in [0.5, 0.6) is 0 Å². The molecule has 2 N–H and O–H groups in total. The van der Waals surface area contributed by atoms with Gasteiger partial charge in [-0.15, -0.1) is 0 Å². The van der Waals surface area contributed by atoms with Crippen molar-refractivity contribution >= 4 is 17.0 Å². The Morgan fingerprint density at radius 3 is 2.93 bits per heavy atom. The Kier molecular flexibility index (Phi) is 1.90. The molecule has 15 heavy (non-hydrogen) atoms. The predicted molar refractivity (Wildman–Crippen MR) is 52.5 cm³/mol. The molecule has 0 bridgehead atoms. The van der Waals surface area contributed by atoms with Gasteiger partial charge in [0.05, 0.1) is 22.2 Å². The third kappa shape index (κ3) is 1.42. The van der Waals surface area contributed by atoms with Gasteiger partial charge < -0.3 is 10.1 Å². The summed E-state index contributed by atoms with van der Waals surface area (Å²) >= 11 is 0. The molecule has 0 unspecified atom stereocenters. The van der Waals surface area contributed by atoms with Crippen LogP contribution in [0.15, 0.2) is 12.1 Å². The minimum Gasteiger partial charge on any atom is -0.478 e. The number of nitrogens with zero attached hydrogens (tertiary/aromatic N) is 2. The van der Waals surface area contributed by atoms with E-state index in [1.54, 1.807) is 6.92 Å². The lowest BCUT2D eigenvalue weighted by molar-refractivity contribution is 0.0696. The first-order chi connectivity index (χ1) is 7.11. The number of carboxylic acid groups (broad SMARTS) is 1. The monoisotopic (exact) mass is 201 g/mol. The molecule has 0 atom stereocenters. The van der Waals surface area contributed by atoms with Gasteiger partial charge in [-0.25, -0.2) is 9.78 Å². The summed E-state index contributed by atoms with van der Waals surface area (Å²) < 4.78 is 0. The normalized spacial score (nSPS) is 10.1. The van der Waals surface area contributed by atoms with Crippen molar-refractivity contribution < 1.29 is 9.90 Å². The third-order valence-electron chi connectivity index (χ3n) is 2.09. The van der Waals surface area contributed by atoms with Crippen LogP contribution < -0.4 is 0 Å². The van der Waals surface area contributed by atoms with Crippen molar-refractivity contribution in [3.63, 3.8) is 0 Å². The SMILES string of the molecule is Cc1nc2cc(C#N)c(C(=O)O)cc2[nH]1. The Hall–Kier alpha value is -2.35. The minimum absolute atomic E-state index is 0.00588. The molecule has 0 aliphatic rings. The zero-order valence-electron chi connectivity index (χ0n) is 7.90. The van der Waals surface area contributed by atoms with E-state index in [0.717, 1.165) is 0 Å². The molecule has 0 amide bonds. The first kappa shape index (κ1) is 9.21. The molecule has 0 spiro atoms. The second-order valence-corrected chi connectivity index (χ2v) is 3.15. The number of aromatic amines is 1. The summed E-state index contributed by atoms with van der Waals surface area (Å²) in [6.07, 6.45) is 0. The minimum atomic E-state index is -1.11. The molecule has 0 aliphatic heterocycles. The fraction of sp³-hybridized carbons (Fsp3) is 0.100. The number of nitriles is 1. The lowest BCUT2D eigenvalue weighted by Gasteiger charge is -1.97. The van der Waals surface area contributed by atoms with E-state index in [1.165, 1.54) is 12.1 Å². The van der Waals surface area contributed by atoms with Gasteiger partial charge in [-0.2, -0.15) is 5.26 Å². The summed E-state index contributed by atoms with van der Waals surface area (Å²) in [5, 5.41) is 17.7. The van der Waals surface area contributed by atoms with E-state index in [0.29, 0.717) is 16.9 Å². The number of carboxylic acids is 1. The fourth-order valence-electron chi connectivity index (χ4n) is 1.45. The van der Waals surface area contributed by atoms with Crippen LogP contribution in [-0.4, -0.2) is 21.0 Å². The number of nitrogens with one attached hydrogen (secondary N) is 1. The molecule has 1 aromatic carbocycles. The highest BCUT2D eigenvalue weighted by molar-refractivity contribution is 5.95. The maximum Gasteiger partial charge on any atom is 0.337 e. The van der Waals surface area contributed by atoms with Gasteiger partial charge in [0, 0.05) is 0 Å². The smallest absolute Gasteiger partial charge is 0.337 e. The first-order valence-corrected chi connectivity index (χ1v) is 4.25. The van der Waals surface area contributed by atoms with Gasteiger partial charge in [-0.05, 0) is 19.1 Å². The maximum atomic E-state index is 10.8. The number of H-pyrrole nitrogens is 1. The summed E-state index contributed by atoms with van der Waals surface area (Å²) in [6, 6.07) is 4.74. The fourth-order valence-corrected chi connectivity index (χ4v) is 1.45. The van der Waals surface area contributed by atoms with Gasteiger partial charge in [-0.3, -0.25) is 0 Å². The molecule has 0 fully saturated rings. The quantitative estimate of drug-likeness (QED) is 0.730. The average molecular weight is 201 g/mol. The Bertz CT molecular complexity index is 592. The highest BCUT2D eigenvalue weighted by Gasteiger charge is 2.12. The van der Waals surface area contributed by atoms with Crippen LogP contribution in [-0.2, 0) is 0 Å². The maximum absolute atomic E-state index is 10.8. The van der Waals surface area contributed by atoms with E-state index < -0.39 is 5.97 Å². The van der Waals surface area contributed by atoms with Crippen molar-refractivity contribution in [3.05, 3.63) is 29.1 Å². The molecule has 0 saturated carbocycles. The summed E-state index contributed by atoms with van der Waals surface area (Å²) in [4.78, 5) is 17.9. The van der Waals surface area contributed by atoms with Crippen molar-refractivity contribution in [2.45, 2.75) is 6.92 Å². The highest BCUT2D eigenvalue weighted by Crippen LogP contribution is 2.17. The average Bonchev–Trinajstić information content (AvgIpc) is 2.54. The molecule has 1 aromatic heterocycles. The summed E-state index contributed by atoms with van der Waals surface area (Å²) in [5.74, 6) is -0.419. The van der Waals surface area contributed by atoms with Crippen molar-refractivity contribution in [1.82, 2.24) is 9.97 Å². The second kappa shape index (κ2) is 3.10. The number of carbonyl (C=O) groups is 1. The number of benzene rings is 1. The molecule has 74 valence electrons. The number of rotatable bonds is 1. The third-order valence-corrected chi connectivity index (χ3v) is 2.09. The van der Waals surface area contributed by atoms with E-state index >= 15 is 0 Å². The Morgan fingerprint density at radius 1 is 1.60 bits per heavy atom. The van der Waals surface area contributed by atoms with Crippen molar-refractivity contribution in [1.29, 1.82) is 5.26 Å². The van der Waals surface area contributed by atoms with Crippen molar-refractivity contribution in [3.8, 4) is 6.07 Å². The van der Waals surface area contributed by atoms with E-state index in [1.807, 2.05) is 6.07 Å². The predicted octanol–water partition coefficient (Wildman–Crippen LogP) is 1.44. The van der Waals surface area contributed by atoms with Crippen LogP contribution >= 0.6 is 0 Å². The van der Waals surface area contributed by atoms with E-state index in [2.05, 4.69) is 9.97 Å². The number of aromatic nitrogens is 2. The molecule has 5 heteroatoms. The van der Waals surface area contributed by atoms with Gasteiger partial charge >= 0.3 is 5.97 Å². The van der Waals surface area contributed by atoms with Gasteiger partial charge in [-0.1, -0.05) is 0 Å². The summed E-state index contributed by atoms with van der Waals surface area (Å²) in [5.41, 5.74) is 1.35. The van der Waals surface area contributed by atoms with Crippen LogP contribution in [0, 0.1) is 18.3 Å². The largest absolute Gasteiger partial charge is 0.478 e. The van der Waals surface area contributed by atoms with Crippen LogP contribution in [0.4, 0.5) is 0 Å². The Balaban J connectivity index is 2.81. The molecule has 2 rings (SSSR count). The van der Waals surface area contributed by atoms with E-state index in [4.69, 9.17) is 10.4 Å². The van der Waals surface area contributed by atoms with Crippen LogP contribution in [0.3, 0.4) is 0 Å². The zero-order valence-corrected chi connectivity index (χ0v) is 7.90. The number of aryl methyl sites for hydroxylation is 1. The lowest BCUT2D eigenvalue weighted by Crippen LogP contribution is -1.99.